The van der Waals surface area contributed by atoms with Gasteiger partial charge in [0.05, 0.1) is 4.90 Å². The van der Waals surface area contributed by atoms with Crippen LogP contribution in [0.25, 0.3) is 0 Å². The van der Waals surface area contributed by atoms with Crippen LogP contribution in [-0.4, -0.2) is 44.8 Å². The normalized spacial score (nSPS) is 14.4. The Kier molecular flexibility index (Phi) is 6.72. The lowest BCUT2D eigenvalue weighted by Crippen LogP contribution is -2.30. The molecular formula is C21H25F2N3O3S. The number of halogens is 2. The summed E-state index contributed by atoms with van der Waals surface area (Å²) >= 11 is 0. The first-order chi connectivity index (χ1) is 14.3. The van der Waals surface area contributed by atoms with E-state index in [9.17, 15) is 22.0 Å². The van der Waals surface area contributed by atoms with E-state index in [2.05, 4.69) is 5.32 Å². The van der Waals surface area contributed by atoms with Gasteiger partial charge >= 0.3 is 0 Å². The molecule has 0 aromatic heterocycles. The summed E-state index contributed by atoms with van der Waals surface area (Å²) in [4.78, 5) is 14.2. The van der Waals surface area contributed by atoms with Crippen LogP contribution in [0.5, 0.6) is 0 Å². The minimum Gasteiger partial charge on any atom is -0.367 e. The summed E-state index contributed by atoms with van der Waals surface area (Å²) in [7, 11) is -3.73. The van der Waals surface area contributed by atoms with Gasteiger partial charge in [-0.05, 0) is 43.2 Å². The molecule has 0 spiro atoms. The zero-order valence-electron chi connectivity index (χ0n) is 17.0. The maximum absolute atomic E-state index is 14.5. The van der Waals surface area contributed by atoms with E-state index in [1.165, 1.54) is 28.6 Å². The van der Waals surface area contributed by atoms with E-state index in [0.29, 0.717) is 26.2 Å². The first-order valence-corrected chi connectivity index (χ1v) is 11.4. The molecule has 0 atom stereocenters. The Morgan fingerprint density at radius 3 is 2.23 bits per heavy atom. The smallest absolute Gasteiger partial charge is 0.255 e. The maximum Gasteiger partial charge on any atom is 0.255 e. The second kappa shape index (κ2) is 9.09. The van der Waals surface area contributed by atoms with E-state index in [1.807, 2.05) is 0 Å². The van der Waals surface area contributed by atoms with Gasteiger partial charge in [0, 0.05) is 37.4 Å². The Morgan fingerprint density at radius 1 is 1.07 bits per heavy atom. The first-order valence-electron chi connectivity index (χ1n) is 9.93. The van der Waals surface area contributed by atoms with E-state index in [1.54, 1.807) is 18.7 Å². The molecule has 6 nitrogen and oxygen atoms in total. The number of benzene rings is 2. The third kappa shape index (κ3) is 4.46. The number of carbonyl (C=O) groups excluding carboxylic acids is 1. The van der Waals surface area contributed by atoms with Gasteiger partial charge in [0.1, 0.15) is 5.69 Å². The number of nitrogens with one attached hydrogen (secondary N) is 1. The van der Waals surface area contributed by atoms with Gasteiger partial charge in [-0.2, -0.15) is 4.31 Å². The van der Waals surface area contributed by atoms with Crippen LogP contribution >= 0.6 is 0 Å². The SMILES string of the molecule is CCN(CC)S(=O)(=O)c1cccc(C(=O)Nc2cc(F)c(N3CCCC3)c(F)c2)c1. The molecule has 1 aliphatic rings. The fourth-order valence-electron chi connectivity index (χ4n) is 3.59. The molecule has 1 amide bonds. The molecule has 0 saturated carbocycles. The Labute approximate surface area is 175 Å². The molecule has 0 unspecified atom stereocenters. The average Bonchev–Trinajstić information content (AvgIpc) is 3.22. The van der Waals surface area contributed by atoms with Crippen LogP contribution in [0.2, 0.25) is 0 Å². The van der Waals surface area contributed by atoms with Crippen molar-refractivity contribution < 1.29 is 22.0 Å². The van der Waals surface area contributed by atoms with E-state index >= 15 is 0 Å². The predicted molar refractivity (Wildman–Crippen MR) is 112 cm³/mol. The van der Waals surface area contributed by atoms with Gasteiger partial charge in [-0.25, -0.2) is 17.2 Å². The van der Waals surface area contributed by atoms with Crippen LogP contribution in [0.3, 0.4) is 0 Å². The average molecular weight is 438 g/mol. The van der Waals surface area contributed by atoms with E-state index in [-0.39, 0.29) is 21.8 Å². The van der Waals surface area contributed by atoms with Crippen molar-refractivity contribution in [3.8, 4) is 0 Å². The third-order valence-electron chi connectivity index (χ3n) is 5.14. The lowest BCUT2D eigenvalue weighted by atomic mass is 10.2. The van der Waals surface area contributed by atoms with E-state index in [4.69, 9.17) is 0 Å². The van der Waals surface area contributed by atoms with Crippen LogP contribution in [0.1, 0.15) is 37.0 Å². The Morgan fingerprint density at radius 2 is 1.67 bits per heavy atom. The highest BCUT2D eigenvalue weighted by molar-refractivity contribution is 7.89. The van der Waals surface area contributed by atoms with Crippen molar-refractivity contribution in [2.24, 2.45) is 0 Å². The first kappa shape index (κ1) is 22.2. The molecular weight excluding hydrogens is 412 g/mol. The molecule has 1 saturated heterocycles. The van der Waals surface area contributed by atoms with Gasteiger partial charge in [0.25, 0.3) is 5.91 Å². The highest BCUT2D eigenvalue weighted by Crippen LogP contribution is 2.30. The van der Waals surface area contributed by atoms with Crippen molar-refractivity contribution in [1.29, 1.82) is 0 Å². The summed E-state index contributed by atoms with van der Waals surface area (Å²) in [6.07, 6.45) is 1.76. The van der Waals surface area contributed by atoms with Gasteiger partial charge in [0.15, 0.2) is 11.6 Å². The Bertz CT molecular complexity index is 1010. The Hall–Kier alpha value is -2.52. The van der Waals surface area contributed by atoms with Crippen molar-refractivity contribution in [3.05, 3.63) is 53.6 Å². The lowest BCUT2D eigenvalue weighted by molar-refractivity contribution is 0.102. The van der Waals surface area contributed by atoms with Crippen LogP contribution in [0, 0.1) is 11.6 Å². The number of rotatable bonds is 7. The molecule has 1 fully saturated rings. The number of anilines is 2. The molecule has 2 aromatic rings. The molecule has 30 heavy (non-hydrogen) atoms. The van der Waals surface area contributed by atoms with Crippen molar-refractivity contribution in [3.63, 3.8) is 0 Å². The van der Waals surface area contributed by atoms with E-state index in [0.717, 1.165) is 25.0 Å². The van der Waals surface area contributed by atoms with Gasteiger partial charge in [-0.15, -0.1) is 0 Å². The summed E-state index contributed by atoms with van der Waals surface area (Å²) in [6, 6.07) is 7.73. The van der Waals surface area contributed by atoms with Crippen molar-refractivity contribution >= 4 is 27.3 Å². The molecule has 3 rings (SSSR count). The largest absolute Gasteiger partial charge is 0.367 e. The van der Waals surface area contributed by atoms with Crippen molar-refractivity contribution in [2.45, 2.75) is 31.6 Å². The number of hydrogen-bond acceptors (Lipinski definition) is 4. The van der Waals surface area contributed by atoms with Gasteiger partial charge < -0.3 is 10.2 Å². The minimum absolute atomic E-state index is 0.0133. The molecule has 162 valence electrons. The summed E-state index contributed by atoms with van der Waals surface area (Å²) in [5.74, 6) is -2.14. The maximum atomic E-state index is 14.5. The number of amides is 1. The zero-order chi connectivity index (χ0) is 21.9. The topological polar surface area (TPSA) is 69.7 Å². The van der Waals surface area contributed by atoms with Crippen molar-refractivity contribution in [1.82, 2.24) is 4.31 Å². The number of carbonyl (C=O) groups is 1. The minimum atomic E-state index is -3.73. The van der Waals surface area contributed by atoms with Crippen LogP contribution in [-0.2, 0) is 10.0 Å². The molecule has 1 heterocycles. The fraction of sp³-hybridized carbons (Fsp3) is 0.381. The van der Waals surface area contributed by atoms with Gasteiger partial charge in [0.2, 0.25) is 10.0 Å². The van der Waals surface area contributed by atoms with Crippen molar-refractivity contribution in [2.75, 3.05) is 36.4 Å². The van der Waals surface area contributed by atoms with Crippen LogP contribution in [0.15, 0.2) is 41.3 Å². The molecule has 1 N–H and O–H groups in total. The molecule has 9 heteroatoms. The second-order valence-electron chi connectivity index (χ2n) is 7.05. The van der Waals surface area contributed by atoms with E-state index < -0.39 is 27.6 Å². The number of nitrogens with zero attached hydrogens (tertiary/aromatic N) is 2. The molecule has 0 radical (unpaired) electrons. The summed E-state index contributed by atoms with van der Waals surface area (Å²) in [6.45, 7) is 5.24. The van der Waals surface area contributed by atoms with Gasteiger partial charge in [-0.3, -0.25) is 4.79 Å². The fourth-order valence-corrected chi connectivity index (χ4v) is 5.10. The summed E-state index contributed by atoms with van der Waals surface area (Å²) in [5.41, 5.74) is -0.0413. The van der Waals surface area contributed by atoms with Gasteiger partial charge in [-0.1, -0.05) is 19.9 Å². The zero-order valence-corrected chi connectivity index (χ0v) is 17.8. The quantitative estimate of drug-likeness (QED) is 0.715. The van der Waals surface area contributed by atoms with Crippen LogP contribution in [0.4, 0.5) is 20.2 Å². The predicted octanol–water partition coefficient (Wildman–Crippen LogP) is 3.85. The second-order valence-corrected chi connectivity index (χ2v) is 8.99. The Balaban J connectivity index is 1.83. The highest BCUT2D eigenvalue weighted by Gasteiger charge is 2.24. The molecule has 1 aliphatic heterocycles. The third-order valence-corrected chi connectivity index (χ3v) is 7.18. The number of hydrogen-bond donors (Lipinski definition) is 1. The van der Waals surface area contributed by atoms with Crippen LogP contribution < -0.4 is 10.2 Å². The molecule has 2 aromatic carbocycles. The highest BCUT2D eigenvalue weighted by atomic mass is 32.2. The summed E-state index contributed by atoms with van der Waals surface area (Å²) in [5, 5.41) is 2.45. The molecule has 0 aliphatic carbocycles. The molecule has 0 bridgehead atoms. The number of sulfonamides is 1. The lowest BCUT2D eigenvalue weighted by Gasteiger charge is -2.20. The standard InChI is InChI=1S/C21H25F2N3O3S/c1-3-26(4-2)30(28,29)17-9-7-8-15(12-17)21(27)24-16-13-18(22)20(19(23)14-16)25-10-5-6-11-25/h7-9,12-14H,3-6,10-11H2,1-2H3,(H,24,27). The summed E-state index contributed by atoms with van der Waals surface area (Å²) < 4.78 is 55.6. The monoisotopic (exact) mass is 437 g/mol.